The lowest BCUT2D eigenvalue weighted by Gasteiger charge is -2.39. The van der Waals surface area contributed by atoms with Crippen LogP contribution in [-0.4, -0.2) is 51.7 Å². The number of piperidine rings is 1. The van der Waals surface area contributed by atoms with Crippen LogP contribution in [0, 0.1) is 12.7 Å². The van der Waals surface area contributed by atoms with Gasteiger partial charge in [-0.15, -0.1) is 0 Å². The maximum atomic E-state index is 15.1. The number of rotatable bonds is 4. The number of aryl methyl sites for hydroxylation is 1. The van der Waals surface area contributed by atoms with Gasteiger partial charge < -0.3 is 14.7 Å². The predicted molar refractivity (Wildman–Crippen MR) is 136 cm³/mol. The number of likely N-dealkylation sites (tertiary alicyclic amines) is 1. The molecular formula is C28H32FN3O4. The molecule has 190 valence electrons. The van der Waals surface area contributed by atoms with Crippen molar-refractivity contribution in [2.24, 2.45) is 0 Å². The van der Waals surface area contributed by atoms with Gasteiger partial charge in [-0.25, -0.2) is 14.2 Å². The highest BCUT2D eigenvalue weighted by Crippen LogP contribution is 2.33. The summed E-state index contributed by atoms with van der Waals surface area (Å²) in [5.74, 6) is -0.832. The first-order chi connectivity index (χ1) is 17.1. The van der Waals surface area contributed by atoms with Gasteiger partial charge in [-0.2, -0.15) is 0 Å². The van der Waals surface area contributed by atoms with Gasteiger partial charge in [-0.1, -0.05) is 24.3 Å². The van der Waals surface area contributed by atoms with Crippen molar-refractivity contribution in [3.8, 4) is 0 Å². The third kappa shape index (κ3) is 5.33. The van der Waals surface area contributed by atoms with Gasteiger partial charge in [-0.05, 0) is 75.2 Å². The number of halogens is 1. The van der Waals surface area contributed by atoms with E-state index < -0.39 is 29.5 Å². The largest absolute Gasteiger partial charge is 0.444 e. The first-order valence-electron chi connectivity index (χ1n) is 12.1. The lowest BCUT2D eigenvalue weighted by Crippen LogP contribution is -2.53. The van der Waals surface area contributed by atoms with E-state index in [0.717, 1.165) is 16.3 Å². The Morgan fingerprint density at radius 2 is 2.00 bits per heavy atom. The molecule has 0 unspecified atom stereocenters. The Bertz CT molecular complexity index is 1280. The van der Waals surface area contributed by atoms with Crippen LogP contribution >= 0.6 is 0 Å². The third-order valence-electron chi connectivity index (χ3n) is 6.29. The summed E-state index contributed by atoms with van der Waals surface area (Å²) in [6.07, 6.45) is 2.46. The molecule has 1 aliphatic heterocycles. The minimum Gasteiger partial charge on any atom is -0.444 e. The standard InChI is InChI=1S/C28H32FN3O4/c1-18-7-5-8-20-12-13-30-25(24(18)20)32(26(34)22-11-10-19(17-33)15-23(22)29)21-9-6-14-31(16-21)27(35)36-28(2,3)4/h5,7-8,10-13,15,21,33H,6,9,14,16-17H2,1-4H3/t21-/m1/s1. The topological polar surface area (TPSA) is 83.0 Å². The highest BCUT2D eigenvalue weighted by atomic mass is 19.1. The zero-order valence-corrected chi connectivity index (χ0v) is 21.1. The lowest BCUT2D eigenvalue weighted by molar-refractivity contribution is 0.0196. The number of benzene rings is 2. The first kappa shape index (κ1) is 25.6. The molecule has 2 heterocycles. The normalized spacial score (nSPS) is 16.2. The quantitative estimate of drug-likeness (QED) is 0.539. The molecule has 1 saturated heterocycles. The Morgan fingerprint density at radius 3 is 2.69 bits per heavy atom. The molecule has 3 aromatic rings. The fraction of sp³-hybridized carbons (Fsp3) is 0.393. The third-order valence-corrected chi connectivity index (χ3v) is 6.29. The number of pyridine rings is 1. The van der Waals surface area contributed by atoms with Crippen LogP contribution in [0.1, 0.15) is 55.1 Å². The number of aromatic nitrogens is 1. The number of carbonyl (C=O) groups is 2. The molecule has 0 aliphatic carbocycles. The summed E-state index contributed by atoms with van der Waals surface area (Å²) in [6.45, 7) is 7.79. The fourth-order valence-electron chi connectivity index (χ4n) is 4.62. The summed E-state index contributed by atoms with van der Waals surface area (Å²) >= 11 is 0. The number of anilines is 1. The first-order valence-corrected chi connectivity index (χ1v) is 12.1. The SMILES string of the molecule is Cc1cccc2ccnc(N(C(=O)c3ccc(CO)cc3F)[C@@H]3CCCN(C(=O)OC(C)(C)C)C3)c12. The molecular weight excluding hydrogens is 461 g/mol. The van der Waals surface area contributed by atoms with Crippen LogP contribution in [0.5, 0.6) is 0 Å². The van der Waals surface area contributed by atoms with Gasteiger partial charge in [0.05, 0.1) is 18.2 Å². The Hall–Kier alpha value is -3.52. The molecule has 4 rings (SSSR count). The van der Waals surface area contributed by atoms with Crippen molar-refractivity contribution < 1.29 is 23.8 Å². The van der Waals surface area contributed by atoms with Crippen molar-refractivity contribution in [2.75, 3.05) is 18.0 Å². The number of aliphatic hydroxyl groups excluding tert-OH is 1. The Kier molecular flexibility index (Phi) is 7.26. The second kappa shape index (κ2) is 10.2. The van der Waals surface area contributed by atoms with E-state index in [0.29, 0.717) is 30.8 Å². The number of aliphatic hydroxyl groups is 1. The van der Waals surface area contributed by atoms with E-state index in [9.17, 15) is 14.7 Å². The Morgan fingerprint density at radius 1 is 1.22 bits per heavy atom. The monoisotopic (exact) mass is 493 g/mol. The van der Waals surface area contributed by atoms with E-state index in [1.165, 1.54) is 23.1 Å². The Balaban J connectivity index is 1.80. The molecule has 1 fully saturated rings. The highest BCUT2D eigenvalue weighted by Gasteiger charge is 2.36. The molecule has 1 atom stereocenters. The molecule has 36 heavy (non-hydrogen) atoms. The summed E-state index contributed by atoms with van der Waals surface area (Å²) in [6, 6.07) is 11.4. The average molecular weight is 494 g/mol. The summed E-state index contributed by atoms with van der Waals surface area (Å²) in [5, 5.41) is 11.1. The zero-order chi connectivity index (χ0) is 26.0. The minimum absolute atomic E-state index is 0.117. The van der Waals surface area contributed by atoms with Crippen LogP contribution < -0.4 is 4.90 Å². The lowest BCUT2D eigenvalue weighted by atomic mass is 10.00. The van der Waals surface area contributed by atoms with Crippen molar-refractivity contribution in [1.29, 1.82) is 0 Å². The van der Waals surface area contributed by atoms with Gasteiger partial charge in [-0.3, -0.25) is 9.69 Å². The van der Waals surface area contributed by atoms with Crippen LogP contribution in [0.3, 0.4) is 0 Å². The van der Waals surface area contributed by atoms with E-state index in [1.54, 1.807) is 11.1 Å². The maximum absolute atomic E-state index is 15.1. The number of carbonyl (C=O) groups excluding carboxylic acids is 2. The van der Waals surface area contributed by atoms with Gasteiger partial charge in [0.25, 0.3) is 5.91 Å². The van der Waals surface area contributed by atoms with E-state index in [4.69, 9.17) is 4.74 Å². The van der Waals surface area contributed by atoms with Gasteiger partial charge in [0.2, 0.25) is 0 Å². The molecule has 0 spiro atoms. The minimum atomic E-state index is -0.715. The van der Waals surface area contributed by atoms with Crippen molar-refractivity contribution in [2.45, 2.75) is 58.8 Å². The number of amides is 2. The van der Waals surface area contributed by atoms with E-state index >= 15 is 4.39 Å². The number of hydrogen-bond donors (Lipinski definition) is 1. The van der Waals surface area contributed by atoms with Gasteiger partial charge in [0, 0.05) is 24.7 Å². The van der Waals surface area contributed by atoms with Crippen molar-refractivity contribution >= 4 is 28.6 Å². The molecule has 8 heteroatoms. The van der Waals surface area contributed by atoms with Crippen LogP contribution in [0.4, 0.5) is 15.0 Å². The van der Waals surface area contributed by atoms with Gasteiger partial charge >= 0.3 is 6.09 Å². The van der Waals surface area contributed by atoms with E-state index in [-0.39, 0.29) is 18.7 Å². The van der Waals surface area contributed by atoms with Gasteiger partial charge in [0.15, 0.2) is 0 Å². The summed E-state index contributed by atoms with van der Waals surface area (Å²) in [7, 11) is 0. The molecule has 1 aromatic heterocycles. The van der Waals surface area contributed by atoms with Crippen LogP contribution in [-0.2, 0) is 11.3 Å². The number of ether oxygens (including phenoxy) is 1. The van der Waals surface area contributed by atoms with Crippen LogP contribution in [0.15, 0.2) is 48.7 Å². The second-order valence-electron chi connectivity index (χ2n) is 10.2. The molecule has 2 amide bonds. The van der Waals surface area contributed by atoms with Crippen molar-refractivity contribution in [3.63, 3.8) is 0 Å². The van der Waals surface area contributed by atoms with Crippen LogP contribution in [0.2, 0.25) is 0 Å². The number of hydrogen-bond acceptors (Lipinski definition) is 5. The summed E-state index contributed by atoms with van der Waals surface area (Å²) in [4.78, 5) is 34.5. The van der Waals surface area contributed by atoms with Crippen LogP contribution in [0.25, 0.3) is 10.8 Å². The molecule has 7 nitrogen and oxygen atoms in total. The number of fused-ring (bicyclic) bond motifs is 1. The fourth-order valence-corrected chi connectivity index (χ4v) is 4.62. The average Bonchev–Trinajstić information content (AvgIpc) is 2.83. The van der Waals surface area contributed by atoms with Crippen molar-refractivity contribution in [3.05, 3.63) is 71.2 Å². The van der Waals surface area contributed by atoms with E-state index in [1.807, 2.05) is 52.0 Å². The second-order valence-corrected chi connectivity index (χ2v) is 10.2. The molecule has 0 radical (unpaired) electrons. The molecule has 2 aromatic carbocycles. The highest BCUT2D eigenvalue weighted by molar-refractivity contribution is 6.11. The summed E-state index contributed by atoms with van der Waals surface area (Å²) < 4.78 is 20.6. The Labute approximate surface area is 210 Å². The van der Waals surface area contributed by atoms with E-state index in [2.05, 4.69) is 4.98 Å². The van der Waals surface area contributed by atoms with Gasteiger partial charge in [0.1, 0.15) is 17.2 Å². The van der Waals surface area contributed by atoms with Crippen molar-refractivity contribution in [1.82, 2.24) is 9.88 Å². The molecule has 0 saturated carbocycles. The zero-order valence-electron chi connectivity index (χ0n) is 21.1. The molecule has 0 bridgehead atoms. The molecule has 1 N–H and O–H groups in total. The molecule has 1 aliphatic rings. The summed E-state index contributed by atoms with van der Waals surface area (Å²) in [5.41, 5.74) is 0.549. The predicted octanol–water partition coefficient (Wildman–Crippen LogP) is 5.22. The smallest absolute Gasteiger partial charge is 0.410 e. The maximum Gasteiger partial charge on any atom is 0.410 e. The number of nitrogens with zero attached hydrogens (tertiary/aromatic N) is 3.